The number of esters is 1. The molecule has 260 valence electrons. The summed E-state index contributed by atoms with van der Waals surface area (Å²) in [4.78, 5) is 59.1. The van der Waals surface area contributed by atoms with E-state index < -0.39 is 65.0 Å². The van der Waals surface area contributed by atoms with Crippen LogP contribution in [0.3, 0.4) is 0 Å². The summed E-state index contributed by atoms with van der Waals surface area (Å²) in [6.45, 7) is 18.7. The normalized spacial score (nSPS) is 33.5. The third-order valence-corrected chi connectivity index (χ3v) is 10.7. The molecule has 3 heterocycles. The summed E-state index contributed by atoms with van der Waals surface area (Å²) < 4.78 is 18.4. The second-order valence-corrected chi connectivity index (χ2v) is 14.4. The molecule has 0 saturated carbocycles. The van der Waals surface area contributed by atoms with E-state index in [9.17, 15) is 19.2 Å². The van der Waals surface area contributed by atoms with Gasteiger partial charge in [-0.1, -0.05) is 69.2 Å². The van der Waals surface area contributed by atoms with Gasteiger partial charge in [0.05, 0.1) is 23.8 Å². The van der Waals surface area contributed by atoms with Gasteiger partial charge in [0.25, 0.3) is 0 Å². The Balaban J connectivity index is 1.75. The first-order chi connectivity index (χ1) is 22.5. The van der Waals surface area contributed by atoms with Crippen LogP contribution in [0, 0.1) is 29.6 Å². The van der Waals surface area contributed by atoms with Crippen molar-refractivity contribution < 1.29 is 33.4 Å². The number of ether oxygens (including phenoxy) is 3. The van der Waals surface area contributed by atoms with Crippen LogP contribution in [0.2, 0.25) is 0 Å². The second kappa shape index (κ2) is 14.7. The molecule has 1 N–H and O–H groups in total. The van der Waals surface area contributed by atoms with Gasteiger partial charge in [-0.2, -0.15) is 0 Å². The van der Waals surface area contributed by atoms with E-state index in [1.807, 2.05) is 91.1 Å². The predicted molar refractivity (Wildman–Crippen MR) is 186 cm³/mol. The molecule has 1 amide bonds. The monoisotopic (exact) mass is 660 g/mol. The summed E-state index contributed by atoms with van der Waals surface area (Å²) in [6.07, 6.45) is 4.78. The molecule has 0 bridgehead atoms. The SMILES string of the molecule is CC[C@H]1OC(=O)[C@H](C)C(=O)[C@H](C)[C@@H](C(C)=C(C)C)[C@](C)(OC/C=C/c2cnc3ccccc3c2)C[C@@H](C)C(=O)[C@H](C)[C@H]2NC(=O)O[C@@]21C. The molecule has 4 rings (SSSR count). The van der Waals surface area contributed by atoms with E-state index in [0.717, 1.165) is 27.6 Å². The van der Waals surface area contributed by atoms with Gasteiger partial charge in [0.1, 0.15) is 23.6 Å². The molecular weight excluding hydrogens is 608 g/mol. The van der Waals surface area contributed by atoms with Gasteiger partial charge < -0.3 is 19.5 Å². The Morgan fingerprint density at radius 3 is 2.38 bits per heavy atom. The number of hydrogen-bond acceptors (Lipinski definition) is 8. The van der Waals surface area contributed by atoms with Crippen LogP contribution in [0.25, 0.3) is 17.0 Å². The Kier molecular flexibility index (Phi) is 11.3. The van der Waals surface area contributed by atoms with Crippen LogP contribution >= 0.6 is 0 Å². The van der Waals surface area contributed by atoms with Gasteiger partial charge in [0, 0.05) is 35.3 Å². The van der Waals surface area contributed by atoms with Crippen molar-refractivity contribution in [2.45, 2.75) is 105 Å². The number of benzene rings is 1. The van der Waals surface area contributed by atoms with E-state index in [1.54, 1.807) is 20.8 Å². The van der Waals surface area contributed by atoms with Crippen LogP contribution < -0.4 is 5.32 Å². The van der Waals surface area contributed by atoms with E-state index in [0.29, 0.717) is 12.8 Å². The highest BCUT2D eigenvalue weighted by atomic mass is 16.6. The molecule has 9 heteroatoms. The maximum atomic E-state index is 14.2. The second-order valence-electron chi connectivity index (χ2n) is 14.4. The number of ketones is 2. The largest absolute Gasteiger partial charge is 0.458 e. The zero-order valence-corrected chi connectivity index (χ0v) is 30.1. The van der Waals surface area contributed by atoms with Crippen LogP contribution in [-0.4, -0.2) is 58.6 Å². The van der Waals surface area contributed by atoms with Gasteiger partial charge in [0.15, 0.2) is 5.60 Å². The Bertz CT molecular complexity index is 1610. The lowest BCUT2D eigenvalue weighted by molar-refractivity contribution is -0.171. The Morgan fingerprint density at radius 1 is 1.02 bits per heavy atom. The first-order valence-corrected chi connectivity index (χ1v) is 17.1. The van der Waals surface area contributed by atoms with Gasteiger partial charge in [-0.15, -0.1) is 0 Å². The zero-order valence-electron chi connectivity index (χ0n) is 30.1. The van der Waals surface area contributed by atoms with E-state index >= 15 is 0 Å². The number of fused-ring (bicyclic) bond motifs is 2. The van der Waals surface area contributed by atoms with Crippen molar-refractivity contribution in [3.8, 4) is 0 Å². The number of allylic oxidation sites excluding steroid dienone is 1. The standard InChI is InChI=1S/C39H52N2O7/c1-11-31-39(10)35(41-37(45)48-39)26(7)33(42)23(4)20-38(9,32(24(5)22(2)3)25(6)34(43)27(8)36(44)47-31)46-18-14-15-28-19-29-16-12-13-17-30(29)40-21-28/h12-17,19,21,23,25-27,31-32,35H,11,18,20H2,1-10H3,(H,41,45)/b15-14+/t23-,25-,26+,27-,31-,32-,35-,38-,39-/m1/s1. The lowest BCUT2D eigenvalue weighted by Crippen LogP contribution is -2.57. The number of carbonyl (C=O) groups is 4. The maximum absolute atomic E-state index is 14.2. The molecule has 2 aliphatic heterocycles. The number of nitrogens with zero attached hydrogens (tertiary/aromatic N) is 1. The van der Waals surface area contributed by atoms with Crippen molar-refractivity contribution in [2.24, 2.45) is 29.6 Å². The summed E-state index contributed by atoms with van der Waals surface area (Å²) in [5.41, 5.74) is 1.54. The number of aromatic nitrogens is 1. The number of amides is 1. The maximum Gasteiger partial charge on any atom is 0.408 e. The number of rotatable bonds is 6. The fourth-order valence-electron chi connectivity index (χ4n) is 7.85. The average molecular weight is 661 g/mol. The summed E-state index contributed by atoms with van der Waals surface area (Å²) in [5.74, 6) is -4.36. The molecule has 1 aromatic carbocycles. The average Bonchev–Trinajstić information content (AvgIpc) is 3.37. The van der Waals surface area contributed by atoms with Crippen molar-refractivity contribution >= 4 is 40.6 Å². The molecule has 2 saturated heterocycles. The molecule has 0 aliphatic carbocycles. The highest BCUT2D eigenvalue weighted by Crippen LogP contribution is 2.43. The third-order valence-electron chi connectivity index (χ3n) is 10.7. The topological polar surface area (TPSA) is 121 Å². The highest BCUT2D eigenvalue weighted by molar-refractivity contribution is 6.00. The number of alkyl carbamates (subject to hydrolysis) is 1. The van der Waals surface area contributed by atoms with Crippen molar-refractivity contribution in [3.63, 3.8) is 0 Å². The molecule has 0 radical (unpaired) electrons. The van der Waals surface area contributed by atoms with E-state index in [2.05, 4.69) is 16.4 Å². The first kappa shape index (κ1) is 37.0. The van der Waals surface area contributed by atoms with Gasteiger partial charge in [-0.3, -0.25) is 19.4 Å². The number of carbonyl (C=O) groups excluding carboxylic acids is 4. The molecule has 0 unspecified atom stereocenters. The molecule has 2 aliphatic rings. The smallest absolute Gasteiger partial charge is 0.408 e. The Morgan fingerprint density at radius 2 is 1.71 bits per heavy atom. The first-order valence-electron chi connectivity index (χ1n) is 17.1. The van der Waals surface area contributed by atoms with Crippen molar-refractivity contribution in [1.82, 2.24) is 10.3 Å². The lowest BCUT2D eigenvalue weighted by atomic mass is 9.67. The van der Waals surface area contributed by atoms with Gasteiger partial charge in [0.2, 0.25) is 0 Å². The molecule has 2 aromatic rings. The number of hydrogen-bond donors (Lipinski definition) is 1. The van der Waals surface area contributed by atoms with Crippen LogP contribution in [0.15, 0.2) is 53.8 Å². The summed E-state index contributed by atoms with van der Waals surface area (Å²) in [5, 5.41) is 3.85. The zero-order chi connectivity index (χ0) is 35.6. The number of nitrogens with one attached hydrogen (secondary N) is 1. The molecule has 2 fully saturated rings. The van der Waals surface area contributed by atoms with E-state index in [1.165, 1.54) is 0 Å². The summed E-state index contributed by atoms with van der Waals surface area (Å²) in [6, 6.07) is 9.23. The number of pyridine rings is 1. The highest BCUT2D eigenvalue weighted by Gasteiger charge is 2.56. The Labute approximate surface area is 284 Å². The van der Waals surface area contributed by atoms with Crippen LogP contribution in [0.4, 0.5) is 4.79 Å². The molecular formula is C39H52N2O7. The molecule has 9 atom stereocenters. The molecule has 9 nitrogen and oxygen atoms in total. The fourth-order valence-corrected chi connectivity index (χ4v) is 7.85. The number of para-hydroxylation sites is 1. The van der Waals surface area contributed by atoms with Gasteiger partial charge in [-0.05, 0) is 72.1 Å². The van der Waals surface area contributed by atoms with Gasteiger partial charge in [-0.25, -0.2) is 4.79 Å². The Hall–Kier alpha value is -3.85. The van der Waals surface area contributed by atoms with Crippen LogP contribution in [-0.2, 0) is 28.6 Å². The van der Waals surface area contributed by atoms with Gasteiger partial charge >= 0.3 is 12.1 Å². The van der Waals surface area contributed by atoms with E-state index in [-0.39, 0.29) is 18.2 Å². The summed E-state index contributed by atoms with van der Waals surface area (Å²) in [7, 11) is 0. The van der Waals surface area contributed by atoms with Crippen LogP contribution in [0.5, 0.6) is 0 Å². The van der Waals surface area contributed by atoms with Crippen molar-refractivity contribution in [1.29, 1.82) is 0 Å². The van der Waals surface area contributed by atoms with Crippen molar-refractivity contribution in [3.05, 3.63) is 59.3 Å². The van der Waals surface area contributed by atoms with E-state index in [4.69, 9.17) is 14.2 Å². The quantitative estimate of drug-likeness (QED) is 0.195. The minimum atomic E-state index is -1.31. The lowest BCUT2D eigenvalue weighted by Gasteiger charge is -2.44. The number of Topliss-reactive ketones (excluding diaryl/α,β-unsaturated/α-hetero) is 2. The van der Waals surface area contributed by atoms with Crippen LogP contribution in [0.1, 0.15) is 87.6 Å². The molecule has 1 aromatic heterocycles. The molecule has 0 spiro atoms. The number of cyclic esters (lactones) is 1. The summed E-state index contributed by atoms with van der Waals surface area (Å²) >= 11 is 0. The fraction of sp³-hybridized carbons (Fsp3) is 0.564. The minimum absolute atomic E-state index is 0.0798. The minimum Gasteiger partial charge on any atom is -0.458 e. The van der Waals surface area contributed by atoms with Crippen molar-refractivity contribution in [2.75, 3.05) is 6.61 Å². The third kappa shape index (κ3) is 7.41. The molecule has 48 heavy (non-hydrogen) atoms. The predicted octanol–water partition coefficient (Wildman–Crippen LogP) is 7.27.